The zero-order chi connectivity index (χ0) is 19.2. The summed E-state index contributed by atoms with van der Waals surface area (Å²) in [6.07, 6.45) is 1.37. The van der Waals surface area contributed by atoms with E-state index in [0.29, 0.717) is 17.0 Å². The van der Waals surface area contributed by atoms with Crippen LogP contribution in [-0.2, 0) is 11.2 Å². The average molecular weight is 386 g/mol. The Morgan fingerprint density at radius 3 is 2.52 bits per heavy atom. The Hall–Kier alpha value is -2.37. The molecule has 0 saturated carbocycles. The van der Waals surface area contributed by atoms with Crippen LogP contribution in [0.5, 0.6) is 0 Å². The Labute approximate surface area is 164 Å². The first kappa shape index (κ1) is 19.4. The molecule has 5 nitrogen and oxygen atoms in total. The molecule has 3 rings (SSSR count). The monoisotopic (exact) mass is 385 g/mol. The number of hydrogen-bond acceptors (Lipinski definition) is 3. The molecule has 2 amide bonds. The van der Waals surface area contributed by atoms with Crippen LogP contribution in [0.15, 0.2) is 54.6 Å². The fourth-order valence-corrected chi connectivity index (χ4v) is 3.41. The molecule has 142 valence electrons. The molecule has 6 heteroatoms. The molecular formula is C21H24ClN3O2. The van der Waals surface area contributed by atoms with Crippen molar-refractivity contribution in [1.29, 1.82) is 0 Å². The van der Waals surface area contributed by atoms with E-state index in [1.807, 2.05) is 37.4 Å². The van der Waals surface area contributed by atoms with Gasteiger partial charge < -0.3 is 15.5 Å². The summed E-state index contributed by atoms with van der Waals surface area (Å²) in [7, 11) is 1.81. The molecule has 1 aliphatic rings. The van der Waals surface area contributed by atoms with Gasteiger partial charge in [-0.25, -0.2) is 0 Å². The van der Waals surface area contributed by atoms with Gasteiger partial charge in [-0.05, 0) is 42.8 Å². The van der Waals surface area contributed by atoms with Gasteiger partial charge in [-0.3, -0.25) is 9.59 Å². The van der Waals surface area contributed by atoms with Crippen LogP contribution < -0.4 is 10.6 Å². The molecule has 0 radical (unpaired) electrons. The molecule has 1 saturated heterocycles. The number of carbonyl (C=O) groups is 2. The van der Waals surface area contributed by atoms with Crippen molar-refractivity contribution in [3.8, 4) is 0 Å². The molecular weight excluding hydrogens is 362 g/mol. The second-order valence-electron chi connectivity index (χ2n) is 6.82. The fraction of sp³-hybridized carbons (Fsp3) is 0.333. The van der Waals surface area contributed by atoms with E-state index in [1.54, 1.807) is 29.2 Å². The van der Waals surface area contributed by atoms with Crippen LogP contribution in [0.25, 0.3) is 0 Å². The predicted octanol–water partition coefficient (Wildman–Crippen LogP) is 2.50. The minimum Gasteiger partial charge on any atom is -0.340 e. The minimum absolute atomic E-state index is 0.0742. The summed E-state index contributed by atoms with van der Waals surface area (Å²) in [6.45, 7) is 1.69. The zero-order valence-electron chi connectivity index (χ0n) is 15.3. The second kappa shape index (κ2) is 9.02. The number of nitrogens with one attached hydrogen (secondary N) is 2. The van der Waals surface area contributed by atoms with Crippen molar-refractivity contribution in [2.75, 3.05) is 20.1 Å². The number of amides is 2. The van der Waals surface area contributed by atoms with Gasteiger partial charge in [0.25, 0.3) is 5.91 Å². The molecule has 0 spiro atoms. The third-order valence-electron chi connectivity index (χ3n) is 4.92. The maximum absolute atomic E-state index is 13.1. The van der Waals surface area contributed by atoms with Crippen LogP contribution in [-0.4, -0.2) is 48.9 Å². The number of likely N-dealkylation sites (N-methyl/N-ethyl adjacent to an activating group) is 1. The van der Waals surface area contributed by atoms with E-state index in [9.17, 15) is 9.59 Å². The van der Waals surface area contributed by atoms with Gasteiger partial charge in [-0.15, -0.1) is 0 Å². The summed E-state index contributed by atoms with van der Waals surface area (Å²) < 4.78 is 0. The summed E-state index contributed by atoms with van der Waals surface area (Å²) in [4.78, 5) is 27.5. The third-order valence-corrected chi connectivity index (χ3v) is 5.17. The van der Waals surface area contributed by atoms with Crippen LogP contribution in [0.4, 0.5) is 0 Å². The van der Waals surface area contributed by atoms with Crippen LogP contribution in [0.1, 0.15) is 22.3 Å². The van der Waals surface area contributed by atoms with E-state index in [4.69, 9.17) is 11.6 Å². The summed E-state index contributed by atoms with van der Waals surface area (Å²) in [5, 5.41) is 6.75. The summed E-state index contributed by atoms with van der Waals surface area (Å²) >= 11 is 5.90. The molecule has 2 aromatic carbocycles. The van der Waals surface area contributed by atoms with Crippen molar-refractivity contribution in [3.05, 3.63) is 70.7 Å². The summed E-state index contributed by atoms with van der Waals surface area (Å²) in [5.41, 5.74) is 1.49. The number of carbonyl (C=O) groups excluding carboxylic acids is 2. The lowest BCUT2D eigenvalue weighted by Crippen LogP contribution is -2.51. The molecule has 2 N–H and O–H groups in total. The highest BCUT2D eigenvalue weighted by Gasteiger charge is 2.30. The Balaban J connectivity index is 1.77. The number of hydrogen-bond donors (Lipinski definition) is 2. The lowest BCUT2D eigenvalue weighted by molar-refractivity contribution is -0.133. The predicted molar refractivity (Wildman–Crippen MR) is 107 cm³/mol. The number of benzene rings is 2. The van der Waals surface area contributed by atoms with Gasteiger partial charge in [0.05, 0.1) is 0 Å². The van der Waals surface area contributed by atoms with Crippen LogP contribution >= 0.6 is 11.6 Å². The van der Waals surface area contributed by atoms with E-state index in [1.165, 1.54) is 0 Å². The van der Waals surface area contributed by atoms with E-state index in [0.717, 1.165) is 25.1 Å². The fourth-order valence-electron chi connectivity index (χ4n) is 3.29. The minimum atomic E-state index is -0.624. The van der Waals surface area contributed by atoms with Gasteiger partial charge in [0, 0.05) is 36.6 Å². The third kappa shape index (κ3) is 5.08. The van der Waals surface area contributed by atoms with Gasteiger partial charge in [0.15, 0.2) is 0 Å². The molecule has 27 heavy (non-hydrogen) atoms. The van der Waals surface area contributed by atoms with Crippen molar-refractivity contribution >= 4 is 23.4 Å². The molecule has 2 aromatic rings. The van der Waals surface area contributed by atoms with Crippen molar-refractivity contribution in [1.82, 2.24) is 15.5 Å². The van der Waals surface area contributed by atoms with E-state index in [2.05, 4.69) is 10.6 Å². The van der Waals surface area contributed by atoms with E-state index < -0.39 is 6.04 Å². The molecule has 1 heterocycles. The molecule has 2 unspecified atom stereocenters. The van der Waals surface area contributed by atoms with Gasteiger partial charge in [0.2, 0.25) is 5.91 Å². The SMILES string of the molecule is CN(C(=O)C(Cc1ccccc1)NC(=O)c1ccc(Cl)cc1)C1CCNC1. The lowest BCUT2D eigenvalue weighted by Gasteiger charge is -2.29. The van der Waals surface area contributed by atoms with Crippen molar-refractivity contribution in [2.24, 2.45) is 0 Å². The Kier molecular flexibility index (Phi) is 6.48. The first-order valence-electron chi connectivity index (χ1n) is 9.12. The average Bonchev–Trinajstić information content (AvgIpc) is 3.22. The van der Waals surface area contributed by atoms with Crippen molar-refractivity contribution in [2.45, 2.75) is 24.9 Å². The number of rotatable bonds is 6. The Bertz CT molecular complexity index is 774. The van der Waals surface area contributed by atoms with E-state index >= 15 is 0 Å². The van der Waals surface area contributed by atoms with Crippen molar-refractivity contribution in [3.63, 3.8) is 0 Å². The highest BCUT2D eigenvalue weighted by molar-refractivity contribution is 6.30. The molecule has 0 aromatic heterocycles. The smallest absolute Gasteiger partial charge is 0.251 e. The van der Waals surface area contributed by atoms with Crippen molar-refractivity contribution < 1.29 is 9.59 Å². The van der Waals surface area contributed by atoms with Gasteiger partial charge in [-0.2, -0.15) is 0 Å². The molecule has 1 aliphatic heterocycles. The first-order chi connectivity index (χ1) is 13.0. The second-order valence-corrected chi connectivity index (χ2v) is 7.25. The zero-order valence-corrected chi connectivity index (χ0v) is 16.1. The largest absolute Gasteiger partial charge is 0.340 e. The van der Waals surface area contributed by atoms with Gasteiger partial charge >= 0.3 is 0 Å². The molecule has 1 fully saturated rings. The topological polar surface area (TPSA) is 61.4 Å². The van der Waals surface area contributed by atoms with Gasteiger partial charge in [0.1, 0.15) is 6.04 Å². The van der Waals surface area contributed by atoms with E-state index in [-0.39, 0.29) is 17.9 Å². The summed E-state index contributed by atoms with van der Waals surface area (Å²) in [5.74, 6) is -0.353. The lowest BCUT2D eigenvalue weighted by atomic mass is 10.0. The molecule has 2 atom stereocenters. The maximum Gasteiger partial charge on any atom is 0.251 e. The molecule has 0 aliphatic carbocycles. The first-order valence-corrected chi connectivity index (χ1v) is 9.50. The van der Waals surface area contributed by atoms with Crippen LogP contribution in [0.2, 0.25) is 5.02 Å². The standard InChI is InChI=1S/C21H24ClN3O2/c1-25(18-11-12-23-14-18)21(27)19(13-15-5-3-2-4-6-15)24-20(26)16-7-9-17(22)10-8-16/h2-10,18-19,23H,11-14H2,1H3,(H,24,26). The summed E-state index contributed by atoms with van der Waals surface area (Å²) in [6, 6.07) is 15.9. The quantitative estimate of drug-likeness (QED) is 0.803. The highest BCUT2D eigenvalue weighted by Crippen LogP contribution is 2.13. The highest BCUT2D eigenvalue weighted by atomic mass is 35.5. The number of nitrogens with zero attached hydrogens (tertiary/aromatic N) is 1. The Morgan fingerprint density at radius 2 is 1.89 bits per heavy atom. The Morgan fingerprint density at radius 1 is 1.19 bits per heavy atom. The van der Waals surface area contributed by atoms with Gasteiger partial charge in [-0.1, -0.05) is 41.9 Å². The normalized spacial score (nSPS) is 17.3. The number of halogens is 1. The van der Waals surface area contributed by atoms with Crippen LogP contribution in [0.3, 0.4) is 0 Å². The maximum atomic E-state index is 13.1. The van der Waals surface area contributed by atoms with Crippen LogP contribution in [0, 0.1) is 0 Å². The molecule has 0 bridgehead atoms.